The Morgan fingerprint density at radius 1 is 1.15 bits per heavy atom. The number of nitrogens with one attached hydrogen (secondary N) is 2. The van der Waals surface area contributed by atoms with E-state index in [1.54, 1.807) is 11.3 Å². The molecule has 1 amide bonds. The van der Waals surface area contributed by atoms with Gasteiger partial charge in [-0.05, 0) is 24.3 Å². The van der Waals surface area contributed by atoms with Crippen molar-refractivity contribution in [2.45, 2.75) is 6.54 Å². The van der Waals surface area contributed by atoms with Crippen LogP contribution in [-0.2, 0) is 6.54 Å². The van der Waals surface area contributed by atoms with Gasteiger partial charge < -0.3 is 15.5 Å². The van der Waals surface area contributed by atoms with Crippen LogP contribution in [0.15, 0.2) is 60.1 Å². The molecule has 0 aliphatic carbocycles. The summed E-state index contributed by atoms with van der Waals surface area (Å²) in [6, 6.07) is 15.5. The zero-order valence-electron chi connectivity index (χ0n) is 18.9. The average molecular weight is 461 g/mol. The molecule has 33 heavy (non-hydrogen) atoms. The number of piperazine rings is 1. The molecule has 7 nitrogen and oxygen atoms in total. The standard InChI is InChI=1S/C25H28N6OS/c1-29(2)19-7-5-6-18(14-19)24(32)27-22-9-4-3-8-21(22)23-16-31-20(17-33-25(31)28-23)15-30-12-10-26-11-13-30/h3-9,14,16-17,26H,10-13,15H2,1-2H3,(H,27,32). The topological polar surface area (TPSA) is 64.9 Å². The first-order valence-electron chi connectivity index (χ1n) is 11.2. The van der Waals surface area contributed by atoms with E-state index in [1.165, 1.54) is 5.69 Å². The van der Waals surface area contributed by atoms with Gasteiger partial charge in [0.1, 0.15) is 0 Å². The van der Waals surface area contributed by atoms with Gasteiger partial charge in [-0.25, -0.2) is 4.98 Å². The van der Waals surface area contributed by atoms with Gasteiger partial charge in [0.05, 0.1) is 11.4 Å². The molecule has 0 saturated carbocycles. The number of thiazole rings is 1. The Balaban J connectivity index is 1.40. The number of imidazole rings is 1. The van der Waals surface area contributed by atoms with Crippen LogP contribution in [0.25, 0.3) is 16.2 Å². The third-order valence-corrected chi connectivity index (χ3v) is 6.84. The number of anilines is 2. The quantitative estimate of drug-likeness (QED) is 0.458. The Bertz CT molecular complexity index is 1270. The molecule has 0 bridgehead atoms. The fourth-order valence-corrected chi connectivity index (χ4v) is 4.97. The molecule has 2 aromatic heterocycles. The summed E-state index contributed by atoms with van der Waals surface area (Å²) in [6.45, 7) is 5.10. The lowest BCUT2D eigenvalue weighted by Crippen LogP contribution is -2.43. The summed E-state index contributed by atoms with van der Waals surface area (Å²) in [5.74, 6) is -0.133. The lowest BCUT2D eigenvalue weighted by molar-refractivity contribution is 0.102. The van der Waals surface area contributed by atoms with Crippen LogP contribution < -0.4 is 15.5 Å². The minimum absolute atomic E-state index is 0.133. The van der Waals surface area contributed by atoms with Gasteiger partial charge in [-0.3, -0.25) is 14.1 Å². The minimum Gasteiger partial charge on any atom is -0.378 e. The second kappa shape index (κ2) is 9.35. The van der Waals surface area contributed by atoms with E-state index in [-0.39, 0.29) is 5.91 Å². The molecule has 0 radical (unpaired) electrons. The molecule has 4 aromatic rings. The number of hydrogen-bond acceptors (Lipinski definition) is 6. The van der Waals surface area contributed by atoms with Crippen molar-refractivity contribution in [3.8, 4) is 11.3 Å². The van der Waals surface area contributed by atoms with E-state index in [4.69, 9.17) is 4.98 Å². The number of benzene rings is 2. The molecule has 2 aromatic carbocycles. The van der Waals surface area contributed by atoms with Crippen LogP contribution in [-0.4, -0.2) is 60.5 Å². The van der Waals surface area contributed by atoms with Gasteiger partial charge in [-0.2, -0.15) is 0 Å². The maximum absolute atomic E-state index is 13.0. The molecule has 170 valence electrons. The fraction of sp³-hybridized carbons (Fsp3) is 0.280. The number of carbonyl (C=O) groups is 1. The highest BCUT2D eigenvalue weighted by atomic mass is 32.1. The van der Waals surface area contributed by atoms with Crippen molar-refractivity contribution >= 4 is 33.6 Å². The lowest BCUT2D eigenvalue weighted by atomic mass is 10.1. The van der Waals surface area contributed by atoms with Crippen molar-refractivity contribution in [1.29, 1.82) is 0 Å². The summed E-state index contributed by atoms with van der Waals surface area (Å²) in [4.78, 5) is 23.3. The van der Waals surface area contributed by atoms with Crippen LogP contribution in [0.2, 0.25) is 0 Å². The number of carbonyl (C=O) groups excluding carboxylic acids is 1. The number of fused-ring (bicyclic) bond motifs is 1. The van der Waals surface area contributed by atoms with E-state index in [2.05, 4.69) is 31.5 Å². The van der Waals surface area contributed by atoms with E-state index >= 15 is 0 Å². The molecule has 5 rings (SSSR count). The van der Waals surface area contributed by atoms with E-state index in [1.807, 2.05) is 67.5 Å². The highest BCUT2D eigenvalue weighted by molar-refractivity contribution is 7.15. The molecule has 1 aliphatic rings. The first-order valence-corrected chi connectivity index (χ1v) is 12.0. The van der Waals surface area contributed by atoms with E-state index in [0.29, 0.717) is 5.56 Å². The lowest BCUT2D eigenvalue weighted by Gasteiger charge is -2.26. The monoisotopic (exact) mass is 460 g/mol. The Kier molecular flexibility index (Phi) is 6.13. The smallest absolute Gasteiger partial charge is 0.255 e. The summed E-state index contributed by atoms with van der Waals surface area (Å²) in [6.07, 6.45) is 2.08. The molecule has 8 heteroatoms. The molecule has 0 spiro atoms. The molecule has 2 N–H and O–H groups in total. The molecular formula is C25H28N6OS. The van der Waals surface area contributed by atoms with Crippen molar-refractivity contribution < 1.29 is 4.79 Å². The molecule has 1 fully saturated rings. The summed E-state index contributed by atoms with van der Waals surface area (Å²) in [5, 5.41) is 8.69. The minimum atomic E-state index is -0.133. The Labute approximate surface area is 197 Å². The molecule has 1 aliphatic heterocycles. The first kappa shape index (κ1) is 21.6. The zero-order chi connectivity index (χ0) is 22.8. The second-order valence-electron chi connectivity index (χ2n) is 8.48. The van der Waals surface area contributed by atoms with Gasteiger partial charge >= 0.3 is 0 Å². The van der Waals surface area contributed by atoms with Crippen molar-refractivity contribution in [2.75, 3.05) is 50.5 Å². The zero-order valence-corrected chi connectivity index (χ0v) is 19.7. The first-order chi connectivity index (χ1) is 16.1. The number of hydrogen-bond donors (Lipinski definition) is 2. The van der Waals surface area contributed by atoms with Gasteiger partial charge in [0.2, 0.25) is 0 Å². The van der Waals surface area contributed by atoms with Gasteiger partial charge in [0, 0.05) is 80.9 Å². The number of amides is 1. The number of para-hydroxylation sites is 1. The molecule has 1 saturated heterocycles. The SMILES string of the molecule is CN(C)c1cccc(C(=O)Nc2ccccc2-c2cn3c(CN4CCNCC4)csc3n2)c1. The van der Waals surface area contributed by atoms with Gasteiger partial charge in [-0.1, -0.05) is 24.3 Å². The highest BCUT2D eigenvalue weighted by Gasteiger charge is 2.17. The maximum Gasteiger partial charge on any atom is 0.255 e. The Morgan fingerprint density at radius 2 is 1.97 bits per heavy atom. The van der Waals surface area contributed by atoms with Crippen molar-refractivity contribution in [3.63, 3.8) is 0 Å². The second-order valence-corrected chi connectivity index (χ2v) is 9.31. The van der Waals surface area contributed by atoms with Crippen molar-refractivity contribution in [2.24, 2.45) is 0 Å². The van der Waals surface area contributed by atoms with E-state index in [0.717, 1.165) is 60.3 Å². The van der Waals surface area contributed by atoms with E-state index in [9.17, 15) is 4.79 Å². The molecular weight excluding hydrogens is 432 g/mol. The molecule has 3 heterocycles. The summed E-state index contributed by atoms with van der Waals surface area (Å²) >= 11 is 1.66. The molecule has 0 unspecified atom stereocenters. The highest BCUT2D eigenvalue weighted by Crippen LogP contribution is 2.30. The third-order valence-electron chi connectivity index (χ3n) is 5.95. The van der Waals surface area contributed by atoms with Crippen LogP contribution in [0, 0.1) is 0 Å². The van der Waals surface area contributed by atoms with Crippen LogP contribution in [0.5, 0.6) is 0 Å². The van der Waals surface area contributed by atoms with Crippen LogP contribution in [0.3, 0.4) is 0 Å². The predicted molar refractivity (Wildman–Crippen MR) is 135 cm³/mol. The van der Waals surface area contributed by atoms with Gasteiger partial charge in [0.15, 0.2) is 4.96 Å². The maximum atomic E-state index is 13.0. The number of aromatic nitrogens is 2. The van der Waals surface area contributed by atoms with Crippen LogP contribution in [0.4, 0.5) is 11.4 Å². The van der Waals surface area contributed by atoms with Crippen molar-refractivity contribution in [3.05, 3.63) is 71.4 Å². The number of nitrogens with zero attached hydrogens (tertiary/aromatic N) is 4. The van der Waals surface area contributed by atoms with E-state index < -0.39 is 0 Å². The third kappa shape index (κ3) is 4.64. The van der Waals surface area contributed by atoms with Gasteiger partial charge in [0.25, 0.3) is 5.91 Å². The fourth-order valence-electron chi connectivity index (χ4n) is 4.11. The van der Waals surface area contributed by atoms with Crippen LogP contribution in [0.1, 0.15) is 16.1 Å². The summed E-state index contributed by atoms with van der Waals surface area (Å²) in [5.41, 5.74) is 5.40. The largest absolute Gasteiger partial charge is 0.378 e. The average Bonchev–Trinajstić information content (AvgIpc) is 3.42. The molecule has 0 atom stereocenters. The van der Waals surface area contributed by atoms with Gasteiger partial charge in [-0.15, -0.1) is 11.3 Å². The van der Waals surface area contributed by atoms with Crippen LogP contribution >= 0.6 is 11.3 Å². The normalized spacial score (nSPS) is 14.5. The Morgan fingerprint density at radius 3 is 2.79 bits per heavy atom. The van der Waals surface area contributed by atoms with Crippen molar-refractivity contribution in [1.82, 2.24) is 19.6 Å². The Hall–Kier alpha value is -3.20. The number of rotatable bonds is 6. The summed E-state index contributed by atoms with van der Waals surface area (Å²) < 4.78 is 2.18. The summed E-state index contributed by atoms with van der Waals surface area (Å²) in [7, 11) is 3.93. The predicted octanol–water partition coefficient (Wildman–Crippen LogP) is 3.79.